The van der Waals surface area contributed by atoms with Crippen LogP contribution in [0.5, 0.6) is 0 Å². The Morgan fingerprint density at radius 3 is 2.81 bits per heavy atom. The lowest BCUT2D eigenvalue weighted by Crippen LogP contribution is -2.48. The van der Waals surface area contributed by atoms with Crippen molar-refractivity contribution in [2.24, 2.45) is 0 Å². The highest BCUT2D eigenvalue weighted by atomic mass is 19.1. The van der Waals surface area contributed by atoms with Crippen LogP contribution in [-0.2, 0) is 0 Å². The van der Waals surface area contributed by atoms with Gasteiger partial charge in [-0.25, -0.2) is 4.39 Å². The fraction of sp³-hybridized carbons (Fsp3) is 0.455. The van der Waals surface area contributed by atoms with Gasteiger partial charge in [0.2, 0.25) is 0 Å². The molecule has 0 aliphatic heterocycles. The van der Waals surface area contributed by atoms with Gasteiger partial charge in [0.15, 0.2) is 0 Å². The van der Waals surface area contributed by atoms with Gasteiger partial charge in [-0.15, -0.1) is 0 Å². The van der Waals surface area contributed by atoms with E-state index in [9.17, 15) is 9.18 Å². The molecule has 1 unspecified atom stereocenters. The summed E-state index contributed by atoms with van der Waals surface area (Å²) >= 11 is 0. The van der Waals surface area contributed by atoms with Crippen molar-refractivity contribution in [1.82, 2.24) is 10.3 Å². The van der Waals surface area contributed by atoms with E-state index < -0.39 is 17.3 Å². The molecular weight excluding hydrogens is 211 g/mol. The summed E-state index contributed by atoms with van der Waals surface area (Å²) in [6, 6.07) is 1.11. The van der Waals surface area contributed by atoms with E-state index in [-0.39, 0.29) is 12.2 Å². The maximum Gasteiger partial charge on any atom is 0.253 e. The molecule has 0 aliphatic rings. The molecule has 16 heavy (non-hydrogen) atoms. The number of aliphatic hydroxyl groups excluding tert-OH is 1. The molecule has 1 heterocycles. The Bertz CT molecular complexity index is 378. The van der Waals surface area contributed by atoms with Gasteiger partial charge < -0.3 is 10.4 Å². The molecule has 0 fully saturated rings. The molecule has 2 N–H and O–H groups in total. The summed E-state index contributed by atoms with van der Waals surface area (Å²) in [5.74, 6) is -1.000. The van der Waals surface area contributed by atoms with Crippen molar-refractivity contribution >= 4 is 5.91 Å². The third-order valence-corrected chi connectivity index (χ3v) is 2.51. The van der Waals surface area contributed by atoms with E-state index in [4.69, 9.17) is 5.11 Å². The predicted octanol–water partition coefficient (Wildman–Crippen LogP) is 1.11. The number of aliphatic hydroxyl groups is 1. The van der Waals surface area contributed by atoms with Crippen LogP contribution < -0.4 is 5.32 Å². The molecule has 1 rings (SSSR count). The fourth-order valence-electron chi connectivity index (χ4n) is 1.12. The minimum Gasteiger partial charge on any atom is -0.394 e. The summed E-state index contributed by atoms with van der Waals surface area (Å²) in [4.78, 5) is 15.3. The Kier molecular flexibility index (Phi) is 3.95. The molecule has 5 heteroatoms. The second-order valence-electron chi connectivity index (χ2n) is 3.92. The first-order valence-electron chi connectivity index (χ1n) is 5.04. The van der Waals surface area contributed by atoms with Crippen LogP contribution in [0.25, 0.3) is 0 Å². The second kappa shape index (κ2) is 5.03. The maximum atomic E-state index is 12.8. The normalized spacial score (nSPS) is 14.2. The average molecular weight is 226 g/mol. The Hall–Kier alpha value is -1.49. The van der Waals surface area contributed by atoms with E-state index >= 15 is 0 Å². The summed E-state index contributed by atoms with van der Waals surface area (Å²) in [5, 5.41) is 11.8. The van der Waals surface area contributed by atoms with E-state index in [1.165, 1.54) is 6.20 Å². The Morgan fingerprint density at radius 2 is 2.31 bits per heavy atom. The zero-order chi connectivity index (χ0) is 12.2. The van der Waals surface area contributed by atoms with Crippen LogP contribution in [0.2, 0.25) is 0 Å². The first-order chi connectivity index (χ1) is 7.50. The lowest BCUT2D eigenvalue weighted by molar-refractivity contribution is 0.0846. The van der Waals surface area contributed by atoms with Gasteiger partial charge in [-0.1, -0.05) is 6.92 Å². The van der Waals surface area contributed by atoms with E-state index in [0.717, 1.165) is 12.3 Å². The van der Waals surface area contributed by atoms with Gasteiger partial charge in [-0.3, -0.25) is 9.78 Å². The Labute approximate surface area is 93.5 Å². The lowest BCUT2D eigenvalue weighted by atomic mass is 10.00. The standard InChI is InChI=1S/C11H15FN2O2/c1-3-11(2,7-15)14-10(16)8-4-9(12)6-13-5-8/h4-6,15H,3,7H2,1-2H3,(H,14,16). The second-order valence-corrected chi connectivity index (χ2v) is 3.92. The van der Waals surface area contributed by atoms with Crippen molar-refractivity contribution in [3.05, 3.63) is 29.8 Å². The molecule has 4 nitrogen and oxygen atoms in total. The number of rotatable bonds is 4. The van der Waals surface area contributed by atoms with Gasteiger partial charge in [0.1, 0.15) is 5.82 Å². The highest BCUT2D eigenvalue weighted by molar-refractivity contribution is 5.94. The number of pyridine rings is 1. The van der Waals surface area contributed by atoms with Crippen molar-refractivity contribution in [1.29, 1.82) is 0 Å². The van der Waals surface area contributed by atoms with Crippen molar-refractivity contribution in [3.63, 3.8) is 0 Å². The number of amides is 1. The summed E-state index contributed by atoms with van der Waals surface area (Å²) in [6.45, 7) is 3.40. The molecule has 1 amide bonds. The van der Waals surface area contributed by atoms with Crippen molar-refractivity contribution in [2.45, 2.75) is 25.8 Å². The average Bonchev–Trinajstić information content (AvgIpc) is 2.29. The van der Waals surface area contributed by atoms with Crippen LogP contribution >= 0.6 is 0 Å². The van der Waals surface area contributed by atoms with Gasteiger partial charge >= 0.3 is 0 Å². The minimum absolute atomic E-state index is 0.146. The van der Waals surface area contributed by atoms with Crippen molar-refractivity contribution in [2.75, 3.05) is 6.61 Å². The molecule has 0 saturated carbocycles. The van der Waals surface area contributed by atoms with Gasteiger partial charge in [0.25, 0.3) is 5.91 Å². The topological polar surface area (TPSA) is 62.2 Å². The van der Waals surface area contributed by atoms with E-state index in [0.29, 0.717) is 6.42 Å². The smallest absolute Gasteiger partial charge is 0.253 e. The third-order valence-electron chi connectivity index (χ3n) is 2.51. The minimum atomic E-state index is -0.691. The van der Waals surface area contributed by atoms with Crippen LogP contribution in [0.4, 0.5) is 4.39 Å². The molecule has 0 bridgehead atoms. The lowest BCUT2D eigenvalue weighted by Gasteiger charge is -2.27. The molecule has 1 aromatic heterocycles. The van der Waals surface area contributed by atoms with E-state index in [2.05, 4.69) is 10.3 Å². The van der Waals surface area contributed by atoms with Crippen molar-refractivity contribution in [3.8, 4) is 0 Å². The number of hydrogen-bond acceptors (Lipinski definition) is 3. The molecule has 0 aromatic carbocycles. The number of carbonyl (C=O) groups excluding carboxylic acids is 1. The summed E-state index contributed by atoms with van der Waals surface area (Å²) in [5.41, 5.74) is -0.545. The van der Waals surface area contributed by atoms with Crippen LogP contribution in [0, 0.1) is 5.82 Å². The van der Waals surface area contributed by atoms with Crippen LogP contribution in [0.1, 0.15) is 30.6 Å². The largest absolute Gasteiger partial charge is 0.394 e. The third kappa shape index (κ3) is 3.00. The first-order valence-corrected chi connectivity index (χ1v) is 5.04. The number of nitrogens with one attached hydrogen (secondary N) is 1. The number of halogens is 1. The molecule has 0 aliphatic carbocycles. The molecule has 0 saturated heterocycles. The summed E-state index contributed by atoms with van der Waals surface area (Å²) < 4.78 is 12.8. The fourth-order valence-corrected chi connectivity index (χ4v) is 1.12. The Morgan fingerprint density at radius 1 is 1.62 bits per heavy atom. The first kappa shape index (κ1) is 12.6. The van der Waals surface area contributed by atoms with Gasteiger partial charge in [0.05, 0.1) is 23.9 Å². The number of carbonyl (C=O) groups is 1. The molecule has 88 valence electrons. The van der Waals surface area contributed by atoms with Gasteiger partial charge in [0, 0.05) is 6.20 Å². The van der Waals surface area contributed by atoms with Crippen LogP contribution in [0.15, 0.2) is 18.5 Å². The molecule has 1 atom stereocenters. The molecular formula is C11H15FN2O2. The number of nitrogens with zero attached hydrogens (tertiary/aromatic N) is 1. The predicted molar refractivity (Wildman–Crippen MR) is 57.4 cm³/mol. The van der Waals surface area contributed by atoms with Crippen molar-refractivity contribution < 1.29 is 14.3 Å². The molecule has 0 radical (unpaired) electrons. The molecule has 1 aromatic rings. The number of hydrogen-bond donors (Lipinski definition) is 2. The SMILES string of the molecule is CCC(C)(CO)NC(=O)c1cncc(F)c1. The number of aromatic nitrogens is 1. The quantitative estimate of drug-likeness (QED) is 0.808. The highest BCUT2D eigenvalue weighted by Gasteiger charge is 2.23. The van der Waals surface area contributed by atoms with E-state index in [1.807, 2.05) is 6.92 Å². The van der Waals surface area contributed by atoms with Crippen LogP contribution in [-0.4, -0.2) is 28.1 Å². The zero-order valence-electron chi connectivity index (χ0n) is 9.33. The maximum absolute atomic E-state index is 12.8. The zero-order valence-corrected chi connectivity index (χ0v) is 9.33. The summed E-state index contributed by atoms with van der Waals surface area (Å²) in [7, 11) is 0. The van der Waals surface area contributed by atoms with Gasteiger partial charge in [-0.2, -0.15) is 0 Å². The van der Waals surface area contributed by atoms with E-state index in [1.54, 1.807) is 6.92 Å². The monoisotopic (exact) mass is 226 g/mol. The van der Waals surface area contributed by atoms with Crippen LogP contribution in [0.3, 0.4) is 0 Å². The molecule has 0 spiro atoms. The highest BCUT2D eigenvalue weighted by Crippen LogP contribution is 2.10. The Balaban J connectivity index is 2.80. The summed E-state index contributed by atoms with van der Waals surface area (Å²) in [6.07, 6.45) is 2.89. The van der Waals surface area contributed by atoms with Gasteiger partial charge in [-0.05, 0) is 19.4 Å².